The minimum Gasteiger partial charge on any atom is -0.392 e. The molecule has 2 N–H and O–H groups in total. The topological polar surface area (TPSA) is 32.3 Å². The lowest BCUT2D eigenvalue weighted by molar-refractivity contribution is 0.0476. The third kappa shape index (κ3) is 2.96. The van der Waals surface area contributed by atoms with Crippen molar-refractivity contribution in [2.75, 3.05) is 13.6 Å². The van der Waals surface area contributed by atoms with Crippen molar-refractivity contribution >= 4 is 0 Å². The lowest BCUT2D eigenvalue weighted by Crippen LogP contribution is -2.36. The van der Waals surface area contributed by atoms with Crippen molar-refractivity contribution in [1.82, 2.24) is 5.32 Å². The summed E-state index contributed by atoms with van der Waals surface area (Å²) in [6.45, 7) is 3.00. The molecule has 0 amide bonds. The highest BCUT2D eigenvalue weighted by atomic mass is 16.3. The van der Waals surface area contributed by atoms with Crippen molar-refractivity contribution in [2.24, 2.45) is 11.8 Å². The highest BCUT2D eigenvalue weighted by molar-refractivity contribution is 4.80. The second-order valence-electron chi connectivity index (χ2n) is 4.24. The van der Waals surface area contributed by atoms with Gasteiger partial charge in [0.05, 0.1) is 6.10 Å². The average Bonchev–Trinajstić information content (AvgIpc) is 2.18. The summed E-state index contributed by atoms with van der Waals surface area (Å²) in [6, 6.07) is 0. The number of likely N-dealkylation sites (N-methyl/N-ethyl adjacent to an activating group) is 1. The van der Waals surface area contributed by atoms with Crippen LogP contribution in [0.5, 0.6) is 0 Å². The summed E-state index contributed by atoms with van der Waals surface area (Å²) in [6.07, 6.45) is 6.31. The SMILES string of the molecule is CCC1CCCCC1C(O)CNC. The maximum Gasteiger partial charge on any atom is 0.0695 e. The van der Waals surface area contributed by atoms with E-state index in [1.54, 1.807) is 0 Å². The van der Waals surface area contributed by atoms with Crippen molar-refractivity contribution < 1.29 is 5.11 Å². The largest absolute Gasteiger partial charge is 0.392 e. The van der Waals surface area contributed by atoms with Crippen molar-refractivity contribution in [3.63, 3.8) is 0 Å². The molecule has 78 valence electrons. The second-order valence-corrected chi connectivity index (χ2v) is 4.24. The molecule has 2 heteroatoms. The van der Waals surface area contributed by atoms with E-state index in [4.69, 9.17) is 0 Å². The van der Waals surface area contributed by atoms with E-state index in [-0.39, 0.29) is 6.10 Å². The Kier molecular flexibility index (Phi) is 4.74. The van der Waals surface area contributed by atoms with Gasteiger partial charge in [-0.2, -0.15) is 0 Å². The molecule has 2 nitrogen and oxygen atoms in total. The summed E-state index contributed by atoms with van der Waals surface area (Å²) in [5.74, 6) is 1.31. The Labute approximate surface area is 81.7 Å². The molecule has 1 aliphatic carbocycles. The molecule has 0 aromatic heterocycles. The van der Waals surface area contributed by atoms with Crippen molar-refractivity contribution in [3.8, 4) is 0 Å². The lowest BCUT2D eigenvalue weighted by Gasteiger charge is -2.34. The summed E-state index contributed by atoms with van der Waals surface area (Å²) < 4.78 is 0. The van der Waals surface area contributed by atoms with E-state index in [1.807, 2.05) is 7.05 Å². The molecule has 3 unspecified atom stereocenters. The Morgan fingerprint density at radius 1 is 1.38 bits per heavy atom. The summed E-state index contributed by atoms with van der Waals surface area (Å²) in [7, 11) is 1.91. The molecule has 0 bridgehead atoms. The highest BCUT2D eigenvalue weighted by Gasteiger charge is 2.28. The number of hydrogen-bond donors (Lipinski definition) is 2. The minimum absolute atomic E-state index is 0.129. The maximum absolute atomic E-state index is 9.91. The normalized spacial score (nSPS) is 31.6. The third-order valence-corrected chi connectivity index (χ3v) is 3.40. The van der Waals surface area contributed by atoms with Crippen LogP contribution in [0, 0.1) is 11.8 Å². The van der Waals surface area contributed by atoms with Gasteiger partial charge in [-0.1, -0.05) is 32.6 Å². The van der Waals surface area contributed by atoms with Gasteiger partial charge in [0.1, 0.15) is 0 Å². The van der Waals surface area contributed by atoms with Gasteiger partial charge in [0.2, 0.25) is 0 Å². The zero-order chi connectivity index (χ0) is 9.68. The van der Waals surface area contributed by atoms with Crippen LogP contribution in [0.1, 0.15) is 39.0 Å². The van der Waals surface area contributed by atoms with Gasteiger partial charge in [-0.05, 0) is 25.3 Å². The van der Waals surface area contributed by atoms with Gasteiger partial charge in [0.25, 0.3) is 0 Å². The maximum atomic E-state index is 9.91. The zero-order valence-corrected chi connectivity index (χ0v) is 8.92. The minimum atomic E-state index is -0.129. The van der Waals surface area contributed by atoms with Crippen LogP contribution in [0.4, 0.5) is 0 Å². The molecule has 0 heterocycles. The third-order valence-electron chi connectivity index (χ3n) is 3.40. The molecule has 1 fully saturated rings. The Morgan fingerprint density at radius 3 is 2.69 bits per heavy atom. The van der Waals surface area contributed by atoms with Crippen LogP contribution in [0.25, 0.3) is 0 Å². The molecule has 13 heavy (non-hydrogen) atoms. The van der Waals surface area contributed by atoms with Crippen molar-refractivity contribution in [3.05, 3.63) is 0 Å². The number of aliphatic hydroxyl groups is 1. The van der Waals surface area contributed by atoms with Crippen LogP contribution in [0.3, 0.4) is 0 Å². The van der Waals surface area contributed by atoms with Crippen LogP contribution in [-0.2, 0) is 0 Å². The van der Waals surface area contributed by atoms with Crippen LogP contribution >= 0.6 is 0 Å². The molecule has 1 aliphatic rings. The first-order chi connectivity index (χ1) is 6.29. The predicted molar refractivity (Wildman–Crippen MR) is 55.7 cm³/mol. The number of hydrogen-bond acceptors (Lipinski definition) is 2. The smallest absolute Gasteiger partial charge is 0.0695 e. The molecule has 0 spiro atoms. The van der Waals surface area contributed by atoms with Gasteiger partial charge in [0.15, 0.2) is 0 Å². The van der Waals surface area contributed by atoms with E-state index in [0.29, 0.717) is 5.92 Å². The van der Waals surface area contributed by atoms with E-state index in [0.717, 1.165) is 12.5 Å². The number of nitrogens with one attached hydrogen (secondary N) is 1. The molecule has 1 saturated carbocycles. The summed E-state index contributed by atoms with van der Waals surface area (Å²) >= 11 is 0. The van der Waals surface area contributed by atoms with E-state index < -0.39 is 0 Å². The fourth-order valence-electron chi connectivity index (χ4n) is 2.61. The first-order valence-electron chi connectivity index (χ1n) is 5.62. The van der Waals surface area contributed by atoms with Gasteiger partial charge >= 0.3 is 0 Å². The van der Waals surface area contributed by atoms with E-state index >= 15 is 0 Å². The van der Waals surface area contributed by atoms with Crippen LogP contribution in [0.2, 0.25) is 0 Å². The van der Waals surface area contributed by atoms with E-state index in [1.165, 1.54) is 32.1 Å². The van der Waals surface area contributed by atoms with Gasteiger partial charge in [0, 0.05) is 6.54 Å². The van der Waals surface area contributed by atoms with E-state index in [9.17, 15) is 5.11 Å². The van der Waals surface area contributed by atoms with Gasteiger partial charge in [-0.15, -0.1) is 0 Å². The van der Waals surface area contributed by atoms with Crippen LogP contribution in [-0.4, -0.2) is 24.8 Å². The summed E-state index contributed by atoms with van der Waals surface area (Å²) in [5.41, 5.74) is 0. The predicted octanol–water partition coefficient (Wildman–Crippen LogP) is 1.78. The lowest BCUT2D eigenvalue weighted by atomic mass is 9.75. The summed E-state index contributed by atoms with van der Waals surface area (Å²) in [4.78, 5) is 0. The fraction of sp³-hybridized carbons (Fsp3) is 1.00. The van der Waals surface area contributed by atoms with Crippen molar-refractivity contribution in [1.29, 1.82) is 0 Å². The highest BCUT2D eigenvalue weighted by Crippen LogP contribution is 2.34. The molecule has 0 saturated heterocycles. The first kappa shape index (κ1) is 11.0. The fourth-order valence-corrected chi connectivity index (χ4v) is 2.61. The van der Waals surface area contributed by atoms with Gasteiger partial charge in [-0.3, -0.25) is 0 Å². The number of aliphatic hydroxyl groups excluding tert-OH is 1. The molecule has 0 aromatic rings. The van der Waals surface area contributed by atoms with Crippen molar-refractivity contribution in [2.45, 2.75) is 45.1 Å². The second kappa shape index (κ2) is 5.61. The Balaban J connectivity index is 2.43. The van der Waals surface area contributed by atoms with Gasteiger partial charge < -0.3 is 10.4 Å². The van der Waals surface area contributed by atoms with E-state index in [2.05, 4.69) is 12.2 Å². The monoisotopic (exact) mass is 185 g/mol. The first-order valence-corrected chi connectivity index (χ1v) is 5.62. The molecular formula is C11H23NO. The zero-order valence-electron chi connectivity index (χ0n) is 8.92. The Bertz CT molecular complexity index is 138. The van der Waals surface area contributed by atoms with Gasteiger partial charge in [-0.25, -0.2) is 0 Å². The quantitative estimate of drug-likeness (QED) is 0.700. The molecule has 3 atom stereocenters. The number of rotatable bonds is 4. The molecule has 0 aromatic carbocycles. The molecular weight excluding hydrogens is 162 g/mol. The molecule has 0 aliphatic heterocycles. The molecule has 0 radical (unpaired) electrons. The van der Waals surface area contributed by atoms with Crippen LogP contribution in [0.15, 0.2) is 0 Å². The standard InChI is InChI=1S/C11H23NO/c1-3-9-6-4-5-7-10(9)11(13)8-12-2/h9-13H,3-8H2,1-2H3. The average molecular weight is 185 g/mol. The summed E-state index contributed by atoms with van der Waals surface area (Å²) in [5, 5.41) is 13.0. The van der Waals surface area contributed by atoms with Crippen LogP contribution < -0.4 is 5.32 Å². The molecule has 1 rings (SSSR count). The Hall–Kier alpha value is -0.0800. The Morgan fingerprint density at radius 2 is 2.08 bits per heavy atom.